The molecular weight excluding hydrogens is 1990 g/mol. The van der Waals surface area contributed by atoms with E-state index in [4.69, 9.17) is 77.8 Å². The molecule has 0 amide bonds. The predicted molar refractivity (Wildman–Crippen MR) is 531 cm³/mol. The lowest BCUT2D eigenvalue weighted by molar-refractivity contribution is 0.0672. The molecule has 0 bridgehead atoms. The standard InChI is InChI=1S/C25H29F2N7O4S2.C24H27F2N7O3S2.C23H25F2N7O3.C22H23F2N7O2/c1-37-19-5-3-4-18-20(19)29-24(22(26)27)34(18)25-28-17-14-16(15-31-6-8-33(9-7-31)40(2,35)36)39-21(17)23(30-25)32-10-12-38-13-11-32;1-38(34,35)32-8-6-30(7-9-32)15-16-14-18-20(37-16)22(31-10-12-36-13-11-31)29-24(28-18)33-19-5-3-2-4-17(19)27-23(33)21(25)26;1-33-17-4-2-3-16-18(17)27-22(19(24)25)31(16)23-28-20(30-7-11-35-12-8-30)15-13-26-32(21(15)29-23)14-5-9-34-10-6-14;23-18(24)21-26-16-3-1-2-4-17(16)30(21)22-27-19(29-7-11-33-12-8-29)15-13-25-31(20(15)28-22)14-5-9-32-10-6-14/h3-5,14,22H,6-13,15H2,1-2H3;2-5,14,21H,6-13,15H2,1H3;2-4,13-14,19H,5-12H2,1H3;1-4,13-14,18H,5-12H2. The van der Waals surface area contributed by atoms with E-state index in [1.165, 1.54) is 53.6 Å². The molecule has 146 heavy (non-hydrogen) atoms. The highest BCUT2D eigenvalue weighted by Gasteiger charge is 2.37. The third-order valence-corrected chi connectivity index (χ3v) is 31.7. The van der Waals surface area contributed by atoms with Crippen LogP contribution in [0.1, 0.15) is 96.5 Å². The van der Waals surface area contributed by atoms with Crippen molar-refractivity contribution in [3.05, 3.63) is 143 Å². The molecule has 0 unspecified atom stereocenters. The number of nitrogens with zero attached hydrogens (tertiary/aromatic N) is 28. The van der Waals surface area contributed by atoms with Crippen LogP contribution in [0.3, 0.4) is 0 Å². The van der Waals surface area contributed by atoms with Crippen molar-refractivity contribution in [1.29, 1.82) is 0 Å². The zero-order valence-electron chi connectivity index (χ0n) is 80.0. The quantitative estimate of drug-likeness (QED) is 0.0569. The summed E-state index contributed by atoms with van der Waals surface area (Å²) in [5, 5.41) is 10.9. The number of imidazole rings is 4. The third kappa shape index (κ3) is 20.4. The first-order valence-electron chi connectivity index (χ1n) is 48.0. The van der Waals surface area contributed by atoms with Gasteiger partial charge in [0.25, 0.3) is 25.7 Å². The van der Waals surface area contributed by atoms with Gasteiger partial charge in [0.2, 0.25) is 43.8 Å². The van der Waals surface area contributed by atoms with Crippen LogP contribution >= 0.6 is 22.7 Å². The maximum absolute atomic E-state index is 14.3. The van der Waals surface area contributed by atoms with Gasteiger partial charge in [-0.2, -0.15) is 48.7 Å². The summed E-state index contributed by atoms with van der Waals surface area (Å²) in [5.74, 6) is 2.41. The summed E-state index contributed by atoms with van der Waals surface area (Å²) in [7, 11) is -3.45. The number of hydrogen-bond donors (Lipinski definition) is 0. The number of aromatic nitrogens is 20. The number of thiophene rings is 2. The fraction of sp³-hybridized carbons (Fsp3) is 0.468. The number of hydrogen-bond acceptors (Lipinski definition) is 34. The number of piperazine rings is 2. The van der Waals surface area contributed by atoms with Gasteiger partial charge in [0.05, 0.1) is 168 Å². The second kappa shape index (κ2) is 42.9. The molecule has 8 fully saturated rings. The molecule has 0 N–H and O–H groups in total. The van der Waals surface area contributed by atoms with Gasteiger partial charge in [-0.3, -0.25) is 28.1 Å². The average molecular weight is 2100 g/mol. The minimum Gasteiger partial charge on any atom is -0.494 e. The van der Waals surface area contributed by atoms with Crippen LogP contribution in [-0.2, 0) is 61.6 Å². The zero-order valence-corrected chi connectivity index (χ0v) is 83.2. The van der Waals surface area contributed by atoms with Crippen LogP contribution in [-0.4, -0.2) is 344 Å². The Morgan fingerprint density at radius 1 is 0.349 bits per heavy atom. The maximum Gasteiger partial charge on any atom is 0.296 e. The van der Waals surface area contributed by atoms with E-state index in [0.717, 1.165) is 55.6 Å². The topological polar surface area (TPSA) is 378 Å². The third-order valence-electron chi connectivity index (χ3n) is 26.8. The molecule has 4 aromatic carbocycles. The van der Waals surface area contributed by atoms with Crippen molar-refractivity contribution in [2.45, 2.75) is 76.6 Å². The number of alkyl halides is 8. The second-order valence-electron chi connectivity index (χ2n) is 35.9. The molecule has 24 rings (SSSR count). The molecule has 0 saturated carbocycles. The van der Waals surface area contributed by atoms with Crippen molar-refractivity contribution < 1.29 is 89.9 Å². The Hall–Kier alpha value is -12.3. The van der Waals surface area contributed by atoms with Crippen molar-refractivity contribution in [3.8, 4) is 35.3 Å². The summed E-state index contributed by atoms with van der Waals surface area (Å²) in [5.41, 5.74) is 6.10. The molecule has 0 spiro atoms. The fourth-order valence-electron chi connectivity index (χ4n) is 19.6. The summed E-state index contributed by atoms with van der Waals surface area (Å²) in [6, 6.07) is 28.5. The van der Waals surface area contributed by atoms with E-state index < -0.39 is 63.2 Å². The number of morpholine rings is 4. The molecule has 0 aliphatic carbocycles. The molecule has 8 aliphatic heterocycles. The van der Waals surface area contributed by atoms with Crippen LogP contribution in [0.5, 0.6) is 11.5 Å². The molecular formula is C94H104F8N28O12S4. The van der Waals surface area contributed by atoms with E-state index in [1.807, 2.05) is 21.5 Å². The number of methoxy groups -OCH3 is 2. The first-order chi connectivity index (χ1) is 70.9. The number of halogens is 8. The molecule has 0 radical (unpaired) electrons. The van der Waals surface area contributed by atoms with Gasteiger partial charge in [-0.25, -0.2) is 91.2 Å². The number of sulfonamides is 2. The zero-order chi connectivity index (χ0) is 101. The Balaban J connectivity index is 0.000000115. The van der Waals surface area contributed by atoms with Crippen molar-refractivity contribution in [1.82, 2.24) is 116 Å². The van der Waals surface area contributed by atoms with Gasteiger partial charge in [-0.05, 0) is 86.3 Å². The molecule has 772 valence electrons. The van der Waals surface area contributed by atoms with Gasteiger partial charge in [-0.1, -0.05) is 36.4 Å². The van der Waals surface area contributed by atoms with Crippen LogP contribution in [0.4, 0.5) is 58.4 Å². The minimum absolute atomic E-state index is 0.107. The Morgan fingerprint density at radius 3 is 1.00 bits per heavy atom. The largest absolute Gasteiger partial charge is 0.494 e. The minimum atomic E-state index is -3.21. The number of rotatable bonds is 22. The Morgan fingerprint density at radius 2 is 0.658 bits per heavy atom. The van der Waals surface area contributed by atoms with Gasteiger partial charge in [-0.15, -0.1) is 22.7 Å². The van der Waals surface area contributed by atoms with Gasteiger partial charge < -0.3 is 57.5 Å². The van der Waals surface area contributed by atoms with E-state index in [-0.39, 0.29) is 41.7 Å². The monoisotopic (exact) mass is 2100 g/mol. The smallest absolute Gasteiger partial charge is 0.296 e. The lowest BCUT2D eigenvalue weighted by Crippen LogP contribution is -2.47. The number of benzene rings is 4. The van der Waals surface area contributed by atoms with Crippen LogP contribution in [0.25, 0.3) is 110 Å². The maximum atomic E-state index is 14.3. The van der Waals surface area contributed by atoms with Crippen molar-refractivity contribution >= 4 is 153 Å². The molecule has 0 atom stereocenters. The van der Waals surface area contributed by atoms with E-state index >= 15 is 0 Å². The van der Waals surface area contributed by atoms with Crippen LogP contribution in [0, 0.1) is 0 Å². The molecule has 40 nitrogen and oxygen atoms in total. The molecule has 12 aromatic heterocycles. The molecule has 20 heterocycles. The van der Waals surface area contributed by atoms with Crippen molar-refractivity contribution in [2.75, 3.05) is 230 Å². The van der Waals surface area contributed by atoms with E-state index in [0.29, 0.717) is 298 Å². The Bertz CT molecular complexity index is 7650. The van der Waals surface area contributed by atoms with Gasteiger partial charge >= 0.3 is 0 Å². The lowest BCUT2D eigenvalue weighted by atomic mass is 10.1. The molecule has 8 aliphatic rings. The second-order valence-corrected chi connectivity index (χ2v) is 42.2. The molecule has 16 aromatic rings. The van der Waals surface area contributed by atoms with Crippen molar-refractivity contribution in [2.24, 2.45) is 0 Å². The van der Waals surface area contributed by atoms with Crippen LogP contribution in [0.15, 0.2) is 109 Å². The lowest BCUT2D eigenvalue weighted by Gasteiger charge is -2.32. The van der Waals surface area contributed by atoms with Crippen molar-refractivity contribution in [3.63, 3.8) is 0 Å². The fourth-order valence-corrected chi connectivity index (χ4v) is 23.5. The first kappa shape index (κ1) is 99.6. The first-order valence-corrected chi connectivity index (χ1v) is 53.3. The Kier molecular flexibility index (Phi) is 29.3. The van der Waals surface area contributed by atoms with E-state index in [9.17, 15) is 52.0 Å². The van der Waals surface area contributed by atoms with Crippen LogP contribution in [0.2, 0.25) is 0 Å². The number of fused-ring (bicyclic) bond motifs is 8. The van der Waals surface area contributed by atoms with E-state index in [2.05, 4.69) is 59.5 Å². The highest BCUT2D eigenvalue weighted by molar-refractivity contribution is 7.88. The Labute approximate surface area is 838 Å². The van der Waals surface area contributed by atoms with Gasteiger partial charge in [0.1, 0.15) is 34.2 Å². The van der Waals surface area contributed by atoms with Gasteiger partial charge in [0, 0.05) is 154 Å². The summed E-state index contributed by atoms with van der Waals surface area (Å²) < 4.78 is 219. The van der Waals surface area contributed by atoms with Crippen LogP contribution < -0.4 is 29.1 Å². The van der Waals surface area contributed by atoms with Gasteiger partial charge in [0.15, 0.2) is 46.2 Å². The molecule has 52 heteroatoms. The average Bonchev–Trinajstić information content (AvgIpc) is 1.58. The molecule has 8 saturated heterocycles. The summed E-state index contributed by atoms with van der Waals surface area (Å²) in [4.78, 5) is 70.1. The number of ether oxygens (including phenoxy) is 8. The SMILES string of the molecule is COc1cccc2c1nc(C(F)F)n2-c1nc(N2CCOCC2)c2cnn(C3CCOCC3)c2n1.COc1cccc2c1nc(C(F)F)n2-c1nc(N2CCOCC2)c2sc(CN3CCN(S(C)(=O)=O)CC3)cc2n1.CS(=O)(=O)N1CCN(Cc2cc3nc(-n4c(C(F)F)nc5ccccc54)nc(N4CCOCC4)c3s2)CC1.FC(F)c1nc2ccccc2n1-c1nc(N2CCOCC2)c2cnn(C3CCOCC3)c2n1. The summed E-state index contributed by atoms with van der Waals surface area (Å²) >= 11 is 3.15. The summed E-state index contributed by atoms with van der Waals surface area (Å²) in [6.07, 6.45) is -2.00. The van der Waals surface area contributed by atoms with E-state index in [1.54, 1.807) is 120 Å². The highest BCUT2D eigenvalue weighted by Crippen LogP contribution is 2.43. The highest BCUT2D eigenvalue weighted by atomic mass is 32.2. The summed E-state index contributed by atoms with van der Waals surface area (Å²) in [6.45, 7) is 17.7. The number of para-hydroxylation sites is 6. The predicted octanol–water partition coefficient (Wildman–Crippen LogP) is 12.4. The normalized spacial score (nSPS) is 18.0. The number of anilines is 4.